The summed E-state index contributed by atoms with van der Waals surface area (Å²) in [5, 5.41) is 5.10. The lowest BCUT2D eigenvalue weighted by molar-refractivity contribution is -0.148. The molecule has 0 aromatic heterocycles. The summed E-state index contributed by atoms with van der Waals surface area (Å²) in [4.78, 5) is 36.5. The van der Waals surface area contributed by atoms with Crippen molar-refractivity contribution in [2.45, 2.75) is 44.9 Å². The number of nitrogens with one attached hydrogen (secondary N) is 2. The maximum absolute atomic E-state index is 13.5. The van der Waals surface area contributed by atoms with Crippen molar-refractivity contribution < 1.29 is 27.9 Å². The van der Waals surface area contributed by atoms with Crippen molar-refractivity contribution in [3.63, 3.8) is 0 Å². The molecule has 0 atom stereocenters. The van der Waals surface area contributed by atoms with Crippen LogP contribution >= 0.6 is 0 Å². The Kier molecular flexibility index (Phi) is 5.75. The zero-order valence-electron chi connectivity index (χ0n) is 16.7. The number of carbonyl (C=O) groups excluding carboxylic acids is 3. The fourth-order valence-corrected chi connectivity index (χ4v) is 5.85. The Bertz CT molecular complexity index is 822. The summed E-state index contributed by atoms with van der Waals surface area (Å²) in [7, 11) is 0. The molecule has 4 saturated carbocycles. The molecule has 1 aromatic rings. The van der Waals surface area contributed by atoms with Crippen molar-refractivity contribution in [1.82, 2.24) is 5.32 Å². The quantitative estimate of drug-likeness (QED) is 0.664. The van der Waals surface area contributed by atoms with Gasteiger partial charge in [0.25, 0.3) is 5.91 Å². The number of amides is 2. The first-order chi connectivity index (χ1) is 14.3. The van der Waals surface area contributed by atoms with Crippen LogP contribution in [0.15, 0.2) is 18.2 Å². The van der Waals surface area contributed by atoms with Crippen LogP contribution in [-0.2, 0) is 19.1 Å². The molecule has 6 nitrogen and oxygen atoms in total. The number of esters is 1. The Hall–Kier alpha value is -2.51. The van der Waals surface area contributed by atoms with Crippen LogP contribution in [0, 0.1) is 34.8 Å². The van der Waals surface area contributed by atoms with E-state index in [2.05, 4.69) is 10.6 Å². The average Bonchev–Trinajstić information content (AvgIpc) is 2.67. The number of rotatable bonds is 7. The highest BCUT2D eigenvalue weighted by atomic mass is 19.1. The van der Waals surface area contributed by atoms with Gasteiger partial charge in [-0.2, -0.15) is 0 Å². The van der Waals surface area contributed by atoms with E-state index in [1.807, 2.05) is 0 Å². The monoisotopic (exact) mass is 420 g/mol. The first-order valence-corrected chi connectivity index (χ1v) is 10.5. The van der Waals surface area contributed by atoms with Gasteiger partial charge < -0.3 is 15.4 Å². The summed E-state index contributed by atoms with van der Waals surface area (Å²) in [5.41, 5.74) is -0.460. The van der Waals surface area contributed by atoms with Crippen molar-refractivity contribution in [3.05, 3.63) is 29.8 Å². The maximum atomic E-state index is 13.5. The van der Waals surface area contributed by atoms with Gasteiger partial charge in [0.05, 0.1) is 12.1 Å². The van der Waals surface area contributed by atoms with E-state index in [1.165, 1.54) is 19.3 Å². The molecular weight excluding hydrogens is 394 g/mol. The van der Waals surface area contributed by atoms with Crippen molar-refractivity contribution in [2.75, 3.05) is 18.5 Å². The van der Waals surface area contributed by atoms with E-state index in [0.29, 0.717) is 23.8 Å². The standard InChI is InChI=1S/C22H26F2N2O4/c23-16-1-2-18(17(24)8-16)26-19(27)12-30-20(28)3-4-25-21(29)22-9-13-5-14(10-22)7-15(6-13)11-22/h1-2,8,13-15H,3-7,9-12H2,(H,25,29)(H,26,27). The number of benzene rings is 1. The van der Waals surface area contributed by atoms with E-state index in [1.54, 1.807) is 0 Å². The molecule has 4 aliphatic rings. The van der Waals surface area contributed by atoms with Gasteiger partial charge >= 0.3 is 5.97 Å². The molecule has 0 unspecified atom stereocenters. The topological polar surface area (TPSA) is 84.5 Å². The number of anilines is 1. The van der Waals surface area contributed by atoms with Gasteiger partial charge in [0.15, 0.2) is 6.61 Å². The summed E-state index contributed by atoms with van der Waals surface area (Å²) in [6.07, 6.45) is 6.57. The Morgan fingerprint density at radius 3 is 2.27 bits per heavy atom. The van der Waals surface area contributed by atoms with E-state index < -0.39 is 30.1 Å². The summed E-state index contributed by atoms with van der Waals surface area (Å²) >= 11 is 0. The third-order valence-electron chi connectivity index (χ3n) is 6.70. The minimum Gasteiger partial charge on any atom is -0.456 e. The molecule has 4 fully saturated rings. The van der Waals surface area contributed by atoms with E-state index in [0.717, 1.165) is 31.4 Å². The summed E-state index contributed by atoms with van der Waals surface area (Å²) in [6, 6.07) is 2.75. The Morgan fingerprint density at radius 2 is 1.67 bits per heavy atom. The third-order valence-corrected chi connectivity index (χ3v) is 6.70. The molecule has 2 amide bonds. The molecule has 0 spiro atoms. The molecule has 2 N–H and O–H groups in total. The van der Waals surface area contributed by atoms with Gasteiger partial charge in [-0.3, -0.25) is 14.4 Å². The Labute approximate surface area is 173 Å². The SMILES string of the molecule is O=C(COC(=O)CCNC(=O)C12CC3CC(CC(C3)C1)C2)Nc1ccc(F)cc1F. The van der Waals surface area contributed by atoms with E-state index in [4.69, 9.17) is 4.74 Å². The van der Waals surface area contributed by atoms with Crippen LogP contribution in [-0.4, -0.2) is 30.9 Å². The van der Waals surface area contributed by atoms with E-state index in [-0.39, 0.29) is 30.0 Å². The van der Waals surface area contributed by atoms with Crippen LogP contribution in [0.25, 0.3) is 0 Å². The first kappa shape index (κ1) is 20.8. The number of hydrogen-bond acceptors (Lipinski definition) is 4. The smallest absolute Gasteiger partial charge is 0.308 e. The Balaban J connectivity index is 1.17. The van der Waals surface area contributed by atoms with E-state index >= 15 is 0 Å². The zero-order valence-corrected chi connectivity index (χ0v) is 16.7. The lowest BCUT2D eigenvalue weighted by Gasteiger charge is -2.55. The average molecular weight is 420 g/mol. The van der Waals surface area contributed by atoms with Gasteiger partial charge in [0.1, 0.15) is 11.6 Å². The molecule has 0 heterocycles. The molecule has 162 valence electrons. The van der Waals surface area contributed by atoms with Crippen LogP contribution in [0.4, 0.5) is 14.5 Å². The minimum atomic E-state index is -0.915. The van der Waals surface area contributed by atoms with Crippen molar-refractivity contribution in [1.29, 1.82) is 0 Å². The predicted molar refractivity (Wildman–Crippen MR) is 104 cm³/mol. The molecule has 30 heavy (non-hydrogen) atoms. The van der Waals surface area contributed by atoms with Crippen LogP contribution in [0.3, 0.4) is 0 Å². The van der Waals surface area contributed by atoms with Gasteiger partial charge in [-0.05, 0) is 68.4 Å². The molecule has 4 bridgehead atoms. The fraction of sp³-hybridized carbons (Fsp3) is 0.591. The molecule has 5 rings (SSSR count). The molecule has 1 aromatic carbocycles. The van der Waals surface area contributed by atoms with Crippen molar-refractivity contribution >= 4 is 23.5 Å². The van der Waals surface area contributed by atoms with Gasteiger partial charge in [-0.1, -0.05) is 0 Å². The first-order valence-electron chi connectivity index (χ1n) is 10.5. The maximum Gasteiger partial charge on any atom is 0.308 e. The van der Waals surface area contributed by atoms with Gasteiger partial charge in [0, 0.05) is 18.0 Å². The second kappa shape index (κ2) is 8.32. The third kappa shape index (κ3) is 4.47. The molecule has 0 saturated heterocycles. The van der Waals surface area contributed by atoms with Crippen LogP contribution in [0.5, 0.6) is 0 Å². The number of carbonyl (C=O) groups is 3. The predicted octanol–water partition coefficient (Wildman–Crippen LogP) is 3.17. The van der Waals surface area contributed by atoms with Crippen LogP contribution < -0.4 is 10.6 Å². The second-order valence-corrected chi connectivity index (χ2v) is 9.04. The minimum absolute atomic E-state index is 0.0407. The zero-order chi connectivity index (χ0) is 21.3. The van der Waals surface area contributed by atoms with Gasteiger partial charge in [-0.25, -0.2) is 8.78 Å². The molecule has 0 aliphatic heterocycles. The van der Waals surface area contributed by atoms with Crippen molar-refractivity contribution in [3.8, 4) is 0 Å². The lowest BCUT2D eigenvalue weighted by atomic mass is 9.49. The highest BCUT2D eigenvalue weighted by Gasteiger charge is 2.54. The molecular formula is C22H26F2N2O4. The molecule has 0 radical (unpaired) electrons. The number of halogens is 2. The molecule has 4 aliphatic carbocycles. The summed E-state index contributed by atoms with van der Waals surface area (Å²) in [5.74, 6) is -1.00. The largest absolute Gasteiger partial charge is 0.456 e. The van der Waals surface area contributed by atoms with E-state index in [9.17, 15) is 23.2 Å². The lowest BCUT2D eigenvalue weighted by Crippen LogP contribution is -2.53. The van der Waals surface area contributed by atoms with Crippen molar-refractivity contribution in [2.24, 2.45) is 23.2 Å². The van der Waals surface area contributed by atoms with Crippen LogP contribution in [0.2, 0.25) is 0 Å². The Morgan fingerprint density at radius 1 is 1.03 bits per heavy atom. The number of ether oxygens (including phenoxy) is 1. The van der Waals surface area contributed by atoms with Crippen LogP contribution in [0.1, 0.15) is 44.9 Å². The normalized spacial score (nSPS) is 28.8. The highest BCUT2D eigenvalue weighted by molar-refractivity contribution is 5.93. The summed E-state index contributed by atoms with van der Waals surface area (Å²) < 4.78 is 31.3. The van der Waals surface area contributed by atoms with Gasteiger partial charge in [-0.15, -0.1) is 0 Å². The van der Waals surface area contributed by atoms with Gasteiger partial charge in [0.2, 0.25) is 5.91 Å². The fourth-order valence-electron chi connectivity index (χ4n) is 5.85. The second-order valence-electron chi connectivity index (χ2n) is 9.04. The summed E-state index contributed by atoms with van der Waals surface area (Å²) in [6.45, 7) is -0.424. The number of hydrogen-bond donors (Lipinski definition) is 2. The molecule has 8 heteroatoms. The highest BCUT2D eigenvalue weighted by Crippen LogP contribution is 2.60.